The average molecular weight is 230 g/mol. The van der Waals surface area contributed by atoms with E-state index in [1.54, 1.807) is 6.92 Å². The third kappa shape index (κ3) is 9.45. The molecule has 5 nitrogen and oxygen atoms in total. The van der Waals surface area contributed by atoms with E-state index >= 15 is 0 Å². The Labute approximate surface area is 96.9 Å². The van der Waals surface area contributed by atoms with Gasteiger partial charge in [-0.25, -0.2) is 0 Å². The van der Waals surface area contributed by atoms with Crippen LogP contribution < -0.4 is 10.6 Å². The van der Waals surface area contributed by atoms with Gasteiger partial charge in [0.15, 0.2) is 0 Å². The summed E-state index contributed by atoms with van der Waals surface area (Å²) in [6.45, 7) is 6.96. The van der Waals surface area contributed by atoms with Gasteiger partial charge in [-0.05, 0) is 19.9 Å². The summed E-state index contributed by atoms with van der Waals surface area (Å²) in [4.78, 5) is 22.2. The molecule has 0 atom stereocenters. The van der Waals surface area contributed by atoms with Crippen molar-refractivity contribution in [1.29, 1.82) is 0 Å². The number of carbonyl (C=O) groups is 2. The largest absolute Gasteiger partial charge is 0.465 e. The molecule has 16 heavy (non-hydrogen) atoms. The summed E-state index contributed by atoms with van der Waals surface area (Å²) in [7, 11) is 0. The number of hydrogen-bond donors (Lipinski definition) is 2. The summed E-state index contributed by atoms with van der Waals surface area (Å²) in [6.07, 6.45) is 1.20. The first-order valence-corrected chi connectivity index (χ1v) is 5.72. The predicted octanol–water partition coefficient (Wildman–Crippen LogP) is 0.444. The molecule has 0 aromatic carbocycles. The molecular formula is C11H22N2O3. The molecule has 0 saturated carbocycles. The summed E-state index contributed by atoms with van der Waals surface area (Å²) in [5.74, 6) is -0.505. The summed E-state index contributed by atoms with van der Waals surface area (Å²) in [5, 5.41) is 5.73. The van der Waals surface area contributed by atoms with Crippen LogP contribution in [0.1, 0.15) is 33.6 Å². The lowest BCUT2D eigenvalue weighted by molar-refractivity contribution is -0.143. The normalized spacial score (nSPS) is 10.2. The van der Waals surface area contributed by atoms with Gasteiger partial charge in [0.25, 0.3) is 0 Å². The minimum absolute atomic E-state index is 0.0374. The Morgan fingerprint density at radius 3 is 2.56 bits per heavy atom. The first-order chi connectivity index (χ1) is 7.56. The SMILES string of the molecule is CCOC(=O)CNC(=O)CCCNC(C)C. The van der Waals surface area contributed by atoms with Gasteiger partial charge in [0.2, 0.25) is 5.91 Å². The van der Waals surface area contributed by atoms with Crippen LogP contribution in [0.3, 0.4) is 0 Å². The molecular weight excluding hydrogens is 208 g/mol. The monoisotopic (exact) mass is 230 g/mol. The molecule has 0 fully saturated rings. The van der Waals surface area contributed by atoms with E-state index in [0.717, 1.165) is 13.0 Å². The standard InChI is InChI=1S/C11H22N2O3/c1-4-16-11(15)8-13-10(14)6-5-7-12-9(2)3/h9,12H,4-8H2,1-3H3,(H,13,14). The molecule has 94 valence electrons. The van der Waals surface area contributed by atoms with Gasteiger partial charge in [-0.1, -0.05) is 13.8 Å². The maximum Gasteiger partial charge on any atom is 0.325 e. The molecule has 0 heterocycles. The van der Waals surface area contributed by atoms with Gasteiger partial charge >= 0.3 is 5.97 Å². The van der Waals surface area contributed by atoms with E-state index in [1.807, 2.05) is 0 Å². The van der Waals surface area contributed by atoms with Crippen LogP contribution in [0.2, 0.25) is 0 Å². The number of esters is 1. The molecule has 0 spiro atoms. The van der Waals surface area contributed by atoms with Crippen LogP contribution in [0.4, 0.5) is 0 Å². The fourth-order valence-electron chi connectivity index (χ4n) is 1.11. The number of ether oxygens (including phenoxy) is 1. The van der Waals surface area contributed by atoms with Crippen molar-refractivity contribution >= 4 is 11.9 Å². The molecule has 0 saturated heterocycles. The van der Waals surface area contributed by atoms with Crippen molar-refractivity contribution in [2.45, 2.75) is 39.7 Å². The number of hydrogen-bond acceptors (Lipinski definition) is 4. The summed E-state index contributed by atoms with van der Waals surface area (Å²) in [5.41, 5.74) is 0. The second-order valence-corrected chi connectivity index (χ2v) is 3.79. The van der Waals surface area contributed by atoms with Crippen molar-refractivity contribution in [3.05, 3.63) is 0 Å². The van der Waals surface area contributed by atoms with Crippen molar-refractivity contribution in [2.24, 2.45) is 0 Å². The lowest BCUT2D eigenvalue weighted by atomic mass is 10.2. The molecule has 5 heteroatoms. The van der Waals surface area contributed by atoms with Crippen LogP contribution in [0.15, 0.2) is 0 Å². The predicted molar refractivity (Wildman–Crippen MR) is 62.0 cm³/mol. The smallest absolute Gasteiger partial charge is 0.325 e. The lowest BCUT2D eigenvalue weighted by Gasteiger charge is -2.07. The zero-order valence-corrected chi connectivity index (χ0v) is 10.3. The van der Waals surface area contributed by atoms with Crippen LogP contribution in [0.25, 0.3) is 0 Å². The molecule has 0 aliphatic rings. The molecule has 0 aromatic rings. The highest BCUT2D eigenvalue weighted by molar-refractivity contribution is 5.81. The van der Waals surface area contributed by atoms with Crippen molar-refractivity contribution in [3.8, 4) is 0 Å². The number of rotatable bonds is 8. The fraction of sp³-hybridized carbons (Fsp3) is 0.818. The molecule has 2 N–H and O–H groups in total. The van der Waals surface area contributed by atoms with E-state index in [4.69, 9.17) is 0 Å². The Hall–Kier alpha value is -1.10. The van der Waals surface area contributed by atoms with Crippen molar-refractivity contribution in [2.75, 3.05) is 19.7 Å². The minimum Gasteiger partial charge on any atom is -0.465 e. The van der Waals surface area contributed by atoms with E-state index in [-0.39, 0.29) is 12.5 Å². The van der Waals surface area contributed by atoms with E-state index in [2.05, 4.69) is 29.2 Å². The minimum atomic E-state index is -0.392. The Balaban J connectivity index is 3.41. The quantitative estimate of drug-likeness (QED) is 0.469. The summed E-state index contributed by atoms with van der Waals surface area (Å²) < 4.78 is 4.68. The van der Waals surface area contributed by atoms with Crippen LogP contribution in [0.5, 0.6) is 0 Å². The third-order valence-corrected chi connectivity index (χ3v) is 1.87. The molecule has 0 unspecified atom stereocenters. The molecule has 1 amide bonds. The van der Waals surface area contributed by atoms with E-state index < -0.39 is 5.97 Å². The average Bonchev–Trinajstić information content (AvgIpc) is 2.22. The second-order valence-electron chi connectivity index (χ2n) is 3.79. The Bertz CT molecular complexity index is 217. The highest BCUT2D eigenvalue weighted by Crippen LogP contribution is 1.88. The van der Waals surface area contributed by atoms with E-state index in [1.165, 1.54) is 0 Å². The van der Waals surface area contributed by atoms with Gasteiger partial charge < -0.3 is 15.4 Å². The second kappa shape index (κ2) is 9.15. The Kier molecular flexibility index (Phi) is 8.52. The van der Waals surface area contributed by atoms with Gasteiger partial charge in [-0.3, -0.25) is 9.59 Å². The highest BCUT2D eigenvalue weighted by Gasteiger charge is 2.05. The van der Waals surface area contributed by atoms with Gasteiger partial charge in [-0.2, -0.15) is 0 Å². The van der Waals surface area contributed by atoms with Gasteiger partial charge in [0.1, 0.15) is 6.54 Å². The van der Waals surface area contributed by atoms with Gasteiger partial charge in [0.05, 0.1) is 6.61 Å². The van der Waals surface area contributed by atoms with Crippen molar-refractivity contribution in [1.82, 2.24) is 10.6 Å². The van der Waals surface area contributed by atoms with E-state index in [9.17, 15) is 9.59 Å². The molecule has 0 aromatic heterocycles. The Morgan fingerprint density at radius 1 is 1.31 bits per heavy atom. The highest BCUT2D eigenvalue weighted by atomic mass is 16.5. The topological polar surface area (TPSA) is 67.4 Å². The third-order valence-electron chi connectivity index (χ3n) is 1.87. The molecule has 0 rings (SSSR count). The van der Waals surface area contributed by atoms with Crippen LogP contribution in [0, 0.1) is 0 Å². The first-order valence-electron chi connectivity index (χ1n) is 5.72. The van der Waals surface area contributed by atoms with Crippen LogP contribution in [-0.4, -0.2) is 37.6 Å². The summed E-state index contributed by atoms with van der Waals surface area (Å²) in [6, 6.07) is 0.433. The zero-order chi connectivity index (χ0) is 12.4. The first kappa shape index (κ1) is 14.9. The maximum absolute atomic E-state index is 11.2. The van der Waals surface area contributed by atoms with Gasteiger partial charge in [-0.15, -0.1) is 0 Å². The summed E-state index contributed by atoms with van der Waals surface area (Å²) >= 11 is 0. The van der Waals surface area contributed by atoms with Crippen LogP contribution in [-0.2, 0) is 14.3 Å². The number of carbonyl (C=O) groups excluding carboxylic acids is 2. The molecule has 0 aliphatic carbocycles. The van der Waals surface area contributed by atoms with Gasteiger partial charge in [0, 0.05) is 12.5 Å². The number of nitrogens with one attached hydrogen (secondary N) is 2. The number of amides is 1. The fourth-order valence-corrected chi connectivity index (χ4v) is 1.11. The maximum atomic E-state index is 11.2. The molecule has 0 aliphatic heterocycles. The van der Waals surface area contributed by atoms with Crippen molar-refractivity contribution in [3.63, 3.8) is 0 Å². The molecule has 0 bridgehead atoms. The molecule has 0 radical (unpaired) electrons. The van der Waals surface area contributed by atoms with E-state index in [0.29, 0.717) is 19.1 Å². The van der Waals surface area contributed by atoms with Crippen LogP contribution >= 0.6 is 0 Å². The lowest BCUT2D eigenvalue weighted by Crippen LogP contribution is -2.31. The zero-order valence-electron chi connectivity index (χ0n) is 10.3. The van der Waals surface area contributed by atoms with Crippen molar-refractivity contribution < 1.29 is 14.3 Å². The Morgan fingerprint density at radius 2 is 2.00 bits per heavy atom.